The first kappa shape index (κ1) is 45.7. The fourth-order valence-corrected chi connectivity index (χ4v) is 16.5. The van der Waals surface area contributed by atoms with Crippen LogP contribution in [-0.4, -0.2) is 103 Å². The van der Waals surface area contributed by atoms with Gasteiger partial charge in [0.25, 0.3) is 0 Å². The molecule has 6 aliphatic carbocycles. The first-order chi connectivity index (χ1) is 31.6. The summed E-state index contributed by atoms with van der Waals surface area (Å²) in [6, 6.07) is 22.8. The lowest BCUT2D eigenvalue weighted by molar-refractivity contribution is -0.927. The molecule has 4 aliphatic heterocycles. The van der Waals surface area contributed by atoms with Crippen LogP contribution in [0.15, 0.2) is 54.6 Å². The smallest absolute Gasteiger partial charge is 0.119 e. The minimum Gasteiger partial charge on any atom is -0.497 e. The second kappa shape index (κ2) is 18.8. The van der Waals surface area contributed by atoms with Crippen molar-refractivity contribution < 1.29 is 23.4 Å². The zero-order valence-corrected chi connectivity index (χ0v) is 41.4. The number of likely N-dealkylation sites (N-methyl/N-ethyl adjacent to an activating group) is 2. The number of ether oxygens (including phenoxy) is 4. The second-order valence-electron chi connectivity index (χ2n) is 23.0. The normalized spacial score (nSPS) is 35.4. The molecule has 3 aromatic carbocycles. The summed E-state index contributed by atoms with van der Waals surface area (Å²) in [5.41, 5.74) is 11.0. The van der Waals surface area contributed by atoms with Crippen LogP contribution in [0.1, 0.15) is 143 Å². The molecular formula is C58H84N3O4+. The van der Waals surface area contributed by atoms with E-state index in [9.17, 15) is 0 Å². The highest BCUT2D eigenvalue weighted by Gasteiger charge is 2.58. The first-order valence-corrected chi connectivity index (χ1v) is 26.5. The Labute approximate surface area is 393 Å². The first-order valence-electron chi connectivity index (χ1n) is 26.5. The maximum atomic E-state index is 5.53. The Morgan fingerprint density at radius 2 is 1.08 bits per heavy atom. The van der Waals surface area contributed by atoms with Crippen LogP contribution < -0.4 is 19.5 Å². The number of methoxy groups -OCH3 is 3. The van der Waals surface area contributed by atoms with Crippen molar-refractivity contribution in [3.8, 4) is 17.2 Å². The van der Waals surface area contributed by atoms with E-state index in [0.717, 1.165) is 66.3 Å². The van der Waals surface area contributed by atoms with Gasteiger partial charge in [-0.15, -0.1) is 0 Å². The summed E-state index contributed by atoms with van der Waals surface area (Å²) in [5.74, 6) is 5.73. The third-order valence-corrected chi connectivity index (χ3v) is 19.9. The van der Waals surface area contributed by atoms with Gasteiger partial charge in [0.15, 0.2) is 0 Å². The summed E-state index contributed by atoms with van der Waals surface area (Å²) in [6.07, 6.45) is 27.2. The van der Waals surface area contributed by atoms with Gasteiger partial charge in [-0.1, -0.05) is 56.7 Å². The lowest BCUT2D eigenvalue weighted by atomic mass is 9.52. The fourth-order valence-electron chi connectivity index (χ4n) is 16.5. The molecule has 7 fully saturated rings. The fraction of sp³-hybridized carbons (Fsp3) is 0.690. The highest BCUT2D eigenvalue weighted by molar-refractivity contribution is 5.48. The van der Waals surface area contributed by atoms with E-state index in [0.29, 0.717) is 16.2 Å². The molecular weight excluding hydrogens is 803 g/mol. The van der Waals surface area contributed by atoms with Crippen LogP contribution in [-0.2, 0) is 40.2 Å². The molecule has 65 heavy (non-hydrogen) atoms. The van der Waals surface area contributed by atoms with Crippen LogP contribution in [0, 0.1) is 17.8 Å². The largest absolute Gasteiger partial charge is 0.497 e. The van der Waals surface area contributed by atoms with Crippen molar-refractivity contribution in [2.24, 2.45) is 17.8 Å². The SMILES string of the molecule is C1CCOC1.COc1ccc2c(c1)[C@]13CCCC[C@@H]1[C@H](C2)N(C)CC3.COc1ccc2c(c1)[C@]13CCCC[C@@H]1[C@H](C2)NCC3.COc1ccc2c(c1)[C@]13CCCC[C@@H]1[C@H](C2)[N+](C)(C)CC3. The second-order valence-corrected chi connectivity index (χ2v) is 23.0. The monoisotopic (exact) mass is 887 g/mol. The summed E-state index contributed by atoms with van der Waals surface area (Å²) in [7, 11) is 12.6. The number of quaternary nitrogens is 1. The van der Waals surface area contributed by atoms with E-state index in [1.165, 1.54) is 153 Å². The molecule has 4 saturated heterocycles. The molecule has 4 heterocycles. The zero-order chi connectivity index (χ0) is 44.8. The number of hydrogen-bond donors (Lipinski definition) is 1. The van der Waals surface area contributed by atoms with Gasteiger partial charge in [-0.05, 0) is 179 Å². The number of rotatable bonds is 3. The van der Waals surface area contributed by atoms with Gasteiger partial charge in [0.05, 0.1) is 48.0 Å². The number of piperidine rings is 3. The van der Waals surface area contributed by atoms with Crippen LogP contribution in [0.5, 0.6) is 17.2 Å². The minimum atomic E-state index is 0.455. The van der Waals surface area contributed by atoms with Gasteiger partial charge in [-0.2, -0.15) is 0 Å². The molecule has 0 aromatic heterocycles. The maximum Gasteiger partial charge on any atom is 0.119 e. The Morgan fingerprint density at radius 3 is 1.63 bits per heavy atom. The van der Waals surface area contributed by atoms with Crippen LogP contribution >= 0.6 is 0 Å². The van der Waals surface area contributed by atoms with E-state index >= 15 is 0 Å². The van der Waals surface area contributed by atoms with E-state index in [1.54, 1.807) is 54.7 Å². The van der Waals surface area contributed by atoms with Gasteiger partial charge in [-0.3, -0.25) is 0 Å². The number of nitrogens with zero attached hydrogens (tertiary/aromatic N) is 2. The van der Waals surface area contributed by atoms with E-state index in [1.807, 2.05) is 0 Å². The maximum absolute atomic E-state index is 5.53. The van der Waals surface area contributed by atoms with Crippen LogP contribution in [0.2, 0.25) is 0 Å². The lowest BCUT2D eigenvalue weighted by Gasteiger charge is -2.60. The number of likely N-dealkylation sites (tertiary alicyclic amines) is 2. The summed E-state index contributed by atoms with van der Waals surface area (Å²) in [5, 5.41) is 3.78. The molecule has 1 N–H and O–H groups in total. The van der Waals surface area contributed by atoms with Gasteiger partial charge >= 0.3 is 0 Å². The molecule has 354 valence electrons. The van der Waals surface area contributed by atoms with E-state index in [4.69, 9.17) is 18.9 Å². The van der Waals surface area contributed by atoms with Gasteiger partial charge in [0, 0.05) is 60.3 Å². The highest BCUT2D eigenvalue weighted by atomic mass is 16.5. The zero-order valence-electron chi connectivity index (χ0n) is 41.4. The van der Waals surface area contributed by atoms with Crippen LogP contribution in [0.25, 0.3) is 0 Å². The Morgan fingerprint density at radius 1 is 0.569 bits per heavy atom. The Balaban J connectivity index is 0.000000109. The van der Waals surface area contributed by atoms with Crippen LogP contribution in [0.4, 0.5) is 0 Å². The number of hydrogen-bond acceptors (Lipinski definition) is 6. The minimum absolute atomic E-state index is 0.455. The molecule has 3 saturated carbocycles. The Hall–Kier alpha value is -3.10. The highest BCUT2D eigenvalue weighted by Crippen LogP contribution is 2.59. The van der Waals surface area contributed by atoms with E-state index in [-0.39, 0.29) is 0 Å². The molecule has 3 aromatic rings. The Kier molecular flexibility index (Phi) is 13.2. The predicted octanol–water partition coefficient (Wildman–Crippen LogP) is 10.7. The third-order valence-electron chi connectivity index (χ3n) is 19.9. The van der Waals surface area contributed by atoms with Gasteiger partial charge in [0.1, 0.15) is 17.2 Å². The average Bonchev–Trinajstić information content (AvgIpc) is 3.95. The average molecular weight is 887 g/mol. The molecule has 9 atom stereocenters. The van der Waals surface area contributed by atoms with Crippen molar-refractivity contribution in [1.29, 1.82) is 0 Å². The molecule has 0 unspecified atom stereocenters. The Bertz CT molecular complexity index is 2120. The molecule has 7 nitrogen and oxygen atoms in total. The van der Waals surface area contributed by atoms with Crippen molar-refractivity contribution in [2.75, 3.05) is 75.3 Å². The summed E-state index contributed by atoms with van der Waals surface area (Å²) in [4.78, 5) is 2.63. The van der Waals surface area contributed by atoms with Gasteiger partial charge in [0.2, 0.25) is 0 Å². The molecule has 6 bridgehead atoms. The van der Waals surface area contributed by atoms with Crippen LogP contribution in [0.3, 0.4) is 0 Å². The summed E-state index contributed by atoms with van der Waals surface area (Å²) >= 11 is 0. The quantitative estimate of drug-likeness (QED) is 0.265. The molecule has 0 radical (unpaired) electrons. The van der Waals surface area contributed by atoms with Crippen molar-refractivity contribution in [3.63, 3.8) is 0 Å². The van der Waals surface area contributed by atoms with Crippen molar-refractivity contribution >= 4 is 0 Å². The lowest BCUT2D eigenvalue weighted by Crippen LogP contribution is -2.66. The van der Waals surface area contributed by atoms with E-state index in [2.05, 4.69) is 86.0 Å². The number of fused-ring (bicyclic) bond motifs is 3. The molecule has 0 spiro atoms. The number of nitrogens with one attached hydrogen (secondary N) is 1. The summed E-state index contributed by atoms with van der Waals surface area (Å²) in [6.45, 7) is 5.79. The number of benzene rings is 3. The summed E-state index contributed by atoms with van der Waals surface area (Å²) < 4.78 is 22.7. The molecule has 10 aliphatic rings. The van der Waals surface area contributed by atoms with Gasteiger partial charge in [-0.25, -0.2) is 0 Å². The van der Waals surface area contributed by atoms with Gasteiger partial charge < -0.3 is 33.6 Å². The predicted molar refractivity (Wildman–Crippen MR) is 264 cm³/mol. The molecule has 7 heteroatoms. The van der Waals surface area contributed by atoms with Crippen molar-refractivity contribution in [2.45, 2.75) is 163 Å². The third kappa shape index (κ3) is 8.16. The molecule has 13 rings (SSSR count). The molecule has 0 amide bonds. The van der Waals surface area contributed by atoms with Crippen molar-refractivity contribution in [3.05, 3.63) is 88.0 Å². The van der Waals surface area contributed by atoms with E-state index < -0.39 is 0 Å². The van der Waals surface area contributed by atoms with Crippen molar-refractivity contribution in [1.82, 2.24) is 10.2 Å². The topological polar surface area (TPSA) is 52.2 Å². The standard InChI is InChI=1S/C19H28NO.C18H25NO.C17H23NO.C4H8O/c1-20(2)11-10-19-9-5-4-6-16(19)18(20)12-14-7-8-15(21-3)13-17(14)19;1-19-10-9-18-8-4-3-5-15(18)17(19)11-13-6-7-14(20-2)12-16(13)18;1-19-13-6-5-12-10-16-14-4-2-3-7-17(14,8-9-18-16)15(12)11-13;1-2-4-5-3-1/h7-8,13,16,18H,4-6,9-12H2,1-3H3;6-7,12,15,17H,3-5,8-11H2,1-2H3;5-6,11,14,16,18H,2-4,7-10H2,1H3;1-4H2/q+1;;;/t16-,18+,19+;15-,17+,18+;14-,16+,17+;/m111./s1.